The maximum absolute atomic E-state index is 13.3. The van der Waals surface area contributed by atoms with E-state index < -0.39 is 28.3 Å². The van der Waals surface area contributed by atoms with Crippen LogP contribution in [0.2, 0.25) is 0 Å². The molecule has 0 aromatic heterocycles. The largest absolute Gasteiger partial charge is 0.507 e. The number of ether oxygens (including phenoxy) is 1. The topological polar surface area (TPSA) is 129 Å². The third kappa shape index (κ3) is 10.3. The van der Waals surface area contributed by atoms with Crippen LogP contribution in [0, 0.1) is 10.8 Å². The number of carbonyl (C=O) groups excluding carboxylic acids is 3. The summed E-state index contributed by atoms with van der Waals surface area (Å²) >= 11 is 0. The van der Waals surface area contributed by atoms with Gasteiger partial charge in [-0.05, 0) is 62.1 Å². The molecule has 9 nitrogen and oxygen atoms in total. The van der Waals surface area contributed by atoms with Crippen molar-refractivity contribution in [2.75, 3.05) is 0 Å². The first-order valence-electron chi connectivity index (χ1n) is 15.9. The van der Waals surface area contributed by atoms with Gasteiger partial charge in [-0.15, -0.1) is 0 Å². The van der Waals surface area contributed by atoms with Crippen molar-refractivity contribution < 1.29 is 24.2 Å². The van der Waals surface area contributed by atoms with Crippen molar-refractivity contribution in [2.45, 2.75) is 118 Å². The molecular weight excluding hydrogens is 568 g/mol. The number of hydrogen-bond donors (Lipinski definition) is 4. The summed E-state index contributed by atoms with van der Waals surface area (Å²) in [5, 5.41) is 20.1. The fourth-order valence-electron chi connectivity index (χ4n) is 5.16. The van der Waals surface area contributed by atoms with Gasteiger partial charge >= 0.3 is 12.0 Å². The van der Waals surface area contributed by atoms with Crippen LogP contribution in [0.15, 0.2) is 47.5 Å². The second-order valence-corrected chi connectivity index (χ2v) is 15.2. The molecule has 0 spiro atoms. The van der Waals surface area contributed by atoms with E-state index in [1.807, 2.05) is 71.9 Å². The van der Waals surface area contributed by atoms with E-state index in [4.69, 9.17) is 9.73 Å². The summed E-state index contributed by atoms with van der Waals surface area (Å²) in [6.07, 6.45) is 4.99. The zero-order chi connectivity index (χ0) is 33.6. The smallest absolute Gasteiger partial charge is 0.316 e. The summed E-state index contributed by atoms with van der Waals surface area (Å²) in [7, 11) is 0. The lowest BCUT2D eigenvalue weighted by molar-refractivity contribution is -0.143. The van der Waals surface area contributed by atoms with Gasteiger partial charge in [0.2, 0.25) is 5.91 Å². The Balaban J connectivity index is 1.77. The second kappa shape index (κ2) is 14.5. The van der Waals surface area contributed by atoms with E-state index in [9.17, 15) is 19.5 Å². The lowest BCUT2D eigenvalue weighted by atomic mass is 9.85. The molecule has 1 fully saturated rings. The Labute approximate surface area is 268 Å². The summed E-state index contributed by atoms with van der Waals surface area (Å²) in [6, 6.07) is 11.3. The van der Waals surface area contributed by atoms with Gasteiger partial charge < -0.3 is 25.8 Å². The van der Waals surface area contributed by atoms with Crippen LogP contribution in [0.4, 0.5) is 4.79 Å². The molecule has 0 saturated heterocycles. The van der Waals surface area contributed by atoms with Gasteiger partial charge in [-0.25, -0.2) is 4.79 Å². The normalized spacial score (nSPS) is 18.2. The van der Waals surface area contributed by atoms with E-state index in [1.54, 1.807) is 39.1 Å². The lowest BCUT2D eigenvalue weighted by Crippen LogP contribution is -2.58. The SMILES string of the molecule is CC(C)(C)C(=O)Oc1cc(C=N[C@H]2CCCC[C@@H]2NC(=O)N[C@@H](C(=O)NCc2ccccc2)C(C)(C)C)c(O)c(C(C)(C)C)c1. The first-order valence-corrected chi connectivity index (χ1v) is 15.9. The van der Waals surface area contributed by atoms with Gasteiger partial charge in [-0.3, -0.25) is 14.6 Å². The molecule has 1 saturated carbocycles. The van der Waals surface area contributed by atoms with E-state index in [0.717, 1.165) is 31.2 Å². The Morgan fingerprint density at radius 2 is 1.62 bits per heavy atom. The van der Waals surface area contributed by atoms with Crippen molar-refractivity contribution in [3.63, 3.8) is 0 Å². The maximum atomic E-state index is 13.3. The zero-order valence-corrected chi connectivity index (χ0v) is 28.4. The van der Waals surface area contributed by atoms with Gasteiger partial charge in [0.05, 0.1) is 17.5 Å². The molecule has 2 aromatic rings. The minimum absolute atomic E-state index is 0.0782. The van der Waals surface area contributed by atoms with E-state index in [0.29, 0.717) is 23.4 Å². The summed E-state index contributed by atoms with van der Waals surface area (Å²) in [4.78, 5) is 43.9. The Hall–Kier alpha value is -3.88. The average molecular weight is 621 g/mol. The Morgan fingerprint density at radius 1 is 0.978 bits per heavy atom. The number of amides is 3. The monoisotopic (exact) mass is 620 g/mol. The molecule has 246 valence electrons. The minimum atomic E-state index is -0.752. The van der Waals surface area contributed by atoms with E-state index >= 15 is 0 Å². The van der Waals surface area contributed by atoms with E-state index in [2.05, 4.69) is 16.0 Å². The number of nitrogens with one attached hydrogen (secondary N) is 3. The van der Waals surface area contributed by atoms with Crippen LogP contribution in [0.1, 0.15) is 105 Å². The number of carbonyl (C=O) groups is 3. The number of phenolic OH excluding ortho intramolecular Hbond substituents is 1. The minimum Gasteiger partial charge on any atom is -0.507 e. The molecular formula is C36H52N4O5. The number of hydrogen-bond acceptors (Lipinski definition) is 6. The number of esters is 1. The quantitative estimate of drug-likeness (QED) is 0.154. The molecule has 45 heavy (non-hydrogen) atoms. The average Bonchev–Trinajstić information content (AvgIpc) is 2.94. The molecule has 0 bridgehead atoms. The highest BCUT2D eigenvalue weighted by Crippen LogP contribution is 2.37. The number of nitrogens with zero attached hydrogens (tertiary/aromatic N) is 1. The number of benzene rings is 2. The first kappa shape index (κ1) is 35.6. The third-order valence-electron chi connectivity index (χ3n) is 7.91. The van der Waals surface area contributed by atoms with Gasteiger partial charge in [0.25, 0.3) is 0 Å². The number of rotatable bonds is 8. The van der Waals surface area contributed by atoms with Crippen LogP contribution in [0.25, 0.3) is 0 Å². The van der Waals surface area contributed by atoms with Gasteiger partial charge in [0.1, 0.15) is 17.5 Å². The highest BCUT2D eigenvalue weighted by atomic mass is 16.5. The van der Waals surface area contributed by atoms with Crippen molar-refractivity contribution in [1.29, 1.82) is 0 Å². The molecule has 0 radical (unpaired) electrons. The summed E-state index contributed by atoms with van der Waals surface area (Å²) in [5.41, 5.74) is 0.427. The summed E-state index contributed by atoms with van der Waals surface area (Å²) < 4.78 is 5.69. The fraction of sp³-hybridized carbons (Fsp3) is 0.556. The first-order chi connectivity index (χ1) is 20.9. The molecule has 0 unspecified atom stereocenters. The fourth-order valence-corrected chi connectivity index (χ4v) is 5.16. The van der Waals surface area contributed by atoms with Crippen molar-refractivity contribution in [2.24, 2.45) is 15.8 Å². The molecule has 0 heterocycles. The predicted molar refractivity (Wildman–Crippen MR) is 179 cm³/mol. The van der Waals surface area contributed by atoms with Crippen LogP contribution in [0.3, 0.4) is 0 Å². The Bertz CT molecular complexity index is 1370. The number of aliphatic imine (C=N–C) groups is 1. The zero-order valence-electron chi connectivity index (χ0n) is 28.4. The standard InChI is InChI=1S/C36H52N4O5/c1-34(2,3)26-20-25(45-32(43)36(7,8)9)19-24(29(26)41)22-37-27-17-13-14-18-28(27)39-33(44)40-30(35(4,5)6)31(42)38-21-23-15-11-10-12-16-23/h10-12,15-16,19-20,22,27-28,30,41H,13-14,17-18,21H2,1-9H3,(H,38,42)(H2,39,40,44)/t27-,28-,30-/m0/s1. The molecule has 2 aromatic carbocycles. The number of aromatic hydroxyl groups is 1. The summed E-state index contributed by atoms with van der Waals surface area (Å²) in [6.45, 7) is 17.4. The molecule has 3 atom stereocenters. The van der Waals surface area contributed by atoms with Crippen LogP contribution in [-0.4, -0.2) is 47.4 Å². The van der Waals surface area contributed by atoms with Gasteiger partial charge in [-0.2, -0.15) is 0 Å². The van der Waals surface area contributed by atoms with Crippen LogP contribution in [0.5, 0.6) is 11.5 Å². The van der Waals surface area contributed by atoms with Crippen molar-refractivity contribution in [3.05, 3.63) is 59.2 Å². The van der Waals surface area contributed by atoms with Gasteiger partial charge in [0, 0.05) is 23.9 Å². The number of phenols is 1. The molecule has 1 aliphatic carbocycles. The van der Waals surface area contributed by atoms with Crippen molar-refractivity contribution in [3.8, 4) is 11.5 Å². The second-order valence-electron chi connectivity index (χ2n) is 15.2. The molecule has 3 rings (SSSR count). The van der Waals surface area contributed by atoms with Gasteiger partial charge in [0.15, 0.2) is 0 Å². The highest BCUT2D eigenvalue weighted by Gasteiger charge is 2.34. The van der Waals surface area contributed by atoms with Gasteiger partial charge in [-0.1, -0.05) is 84.7 Å². The lowest BCUT2D eigenvalue weighted by Gasteiger charge is -2.33. The van der Waals surface area contributed by atoms with Crippen LogP contribution >= 0.6 is 0 Å². The van der Waals surface area contributed by atoms with Crippen LogP contribution < -0.4 is 20.7 Å². The molecule has 4 N–H and O–H groups in total. The molecule has 0 aliphatic heterocycles. The Kier molecular flexibility index (Phi) is 11.5. The molecule has 9 heteroatoms. The molecule has 3 amide bonds. The van der Waals surface area contributed by atoms with E-state index in [-0.39, 0.29) is 29.7 Å². The van der Waals surface area contributed by atoms with Crippen LogP contribution in [-0.2, 0) is 21.5 Å². The number of urea groups is 1. The van der Waals surface area contributed by atoms with E-state index in [1.165, 1.54) is 0 Å². The van der Waals surface area contributed by atoms with Crippen molar-refractivity contribution >= 4 is 24.1 Å². The van der Waals surface area contributed by atoms with Crippen molar-refractivity contribution in [1.82, 2.24) is 16.0 Å². The highest BCUT2D eigenvalue weighted by molar-refractivity contribution is 5.88. The summed E-state index contributed by atoms with van der Waals surface area (Å²) in [5.74, 6) is -0.206. The predicted octanol–water partition coefficient (Wildman–Crippen LogP) is 6.40. The molecule has 1 aliphatic rings. The third-order valence-corrected chi connectivity index (χ3v) is 7.91. The Morgan fingerprint density at radius 3 is 2.22 bits per heavy atom. The maximum Gasteiger partial charge on any atom is 0.316 e.